The van der Waals surface area contributed by atoms with Gasteiger partial charge in [0.2, 0.25) is 0 Å². The fraction of sp³-hybridized carbons (Fsp3) is 0.632. The van der Waals surface area contributed by atoms with Gasteiger partial charge in [-0.25, -0.2) is 4.79 Å². The number of rotatable bonds is 4. The Morgan fingerprint density at radius 2 is 2.13 bits per heavy atom. The number of nitrogens with one attached hydrogen (secondary N) is 1. The van der Waals surface area contributed by atoms with E-state index in [1.165, 1.54) is 23.2 Å². The van der Waals surface area contributed by atoms with Crippen molar-refractivity contribution in [3.8, 4) is 0 Å². The maximum atomic E-state index is 12.3. The molecule has 1 aliphatic rings. The van der Waals surface area contributed by atoms with E-state index in [0.29, 0.717) is 19.0 Å². The van der Waals surface area contributed by atoms with Crippen LogP contribution in [0.5, 0.6) is 0 Å². The fourth-order valence-corrected chi connectivity index (χ4v) is 2.69. The van der Waals surface area contributed by atoms with Crippen LogP contribution < -0.4 is 5.32 Å². The van der Waals surface area contributed by atoms with E-state index in [1.807, 2.05) is 20.8 Å². The normalized spacial score (nSPS) is 15.8. The quantitative estimate of drug-likeness (QED) is 0.892. The van der Waals surface area contributed by atoms with Crippen molar-refractivity contribution in [2.75, 3.05) is 18.4 Å². The van der Waals surface area contributed by atoms with Crippen LogP contribution in [0.4, 0.5) is 10.5 Å². The number of fused-ring (bicyclic) bond motifs is 1. The first kappa shape index (κ1) is 17.6. The van der Waals surface area contributed by atoms with E-state index in [-0.39, 0.29) is 6.09 Å². The summed E-state index contributed by atoms with van der Waals surface area (Å²) in [5.41, 5.74) is 3.33. The number of benzene rings is 1. The average Bonchev–Trinajstić information content (AvgIpc) is 2.50. The molecule has 4 nitrogen and oxygen atoms in total. The molecule has 1 atom stereocenters. The maximum absolute atomic E-state index is 12.3. The van der Waals surface area contributed by atoms with Gasteiger partial charge in [0, 0.05) is 25.3 Å². The molecule has 0 saturated heterocycles. The van der Waals surface area contributed by atoms with Gasteiger partial charge in [0.15, 0.2) is 0 Å². The summed E-state index contributed by atoms with van der Waals surface area (Å²) >= 11 is 0. The van der Waals surface area contributed by atoms with Crippen LogP contribution in [0.25, 0.3) is 0 Å². The first-order chi connectivity index (χ1) is 10.8. The highest BCUT2D eigenvalue weighted by atomic mass is 16.6. The van der Waals surface area contributed by atoms with Gasteiger partial charge in [0.1, 0.15) is 5.60 Å². The van der Waals surface area contributed by atoms with Gasteiger partial charge in [-0.1, -0.05) is 32.4 Å². The standard InChI is InChI=1S/C19H30N2O2/c1-6-14(2)12-20-17-9-7-8-15-13-21(11-10-16(15)17)18(22)23-19(3,4)5/h7-9,14,20H,6,10-13H2,1-5H3. The number of amides is 1. The third kappa shape index (κ3) is 4.88. The molecule has 2 rings (SSSR count). The Hall–Kier alpha value is -1.71. The van der Waals surface area contributed by atoms with Gasteiger partial charge in [-0.15, -0.1) is 0 Å². The average molecular weight is 318 g/mol. The Bertz CT molecular complexity index is 549. The Balaban J connectivity index is 2.06. The van der Waals surface area contributed by atoms with Crippen LogP contribution in [-0.2, 0) is 17.7 Å². The lowest BCUT2D eigenvalue weighted by Gasteiger charge is -2.32. The first-order valence-electron chi connectivity index (χ1n) is 8.62. The van der Waals surface area contributed by atoms with E-state index in [2.05, 4.69) is 37.4 Å². The molecule has 1 unspecified atom stereocenters. The smallest absolute Gasteiger partial charge is 0.410 e. The zero-order chi connectivity index (χ0) is 17.0. The Kier molecular flexibility index (Phi) is 5.55. The van der Waals surface area contributed by atoms with Gasteiger partial charge in [0.25, 0.3) is 0 Å². The monoisotopic (exact) mass is 318 g/mol. The summed E-state index contributed by atoms with van der Waals surface area (Å²) in [7, 11) is 0. The van der Waals surface area contributed by atoms with Crippen molar-refractivity contribution in [3.05, 3.63) is 29.3 Å². The molecule has 0 bridgehead atoms. The summed E-state index contributed by atoms with van der Waals surface area (Å²) in [6.07, 6.45) is 1.83. The largest absolute Gasteiger partial charge is 0.444 e. The van der Waals surface area contributed by atoms with E-state index in [1.54, 1.807) is 4.90 Å². The summed E-state index contributed by atoms with van der Waals surface area (Å²) in [6, 6.07) is 6.32. The Labute approximate surface area is 140 Å². The Morgan fingerprint density at radius 3 is 2.78 bits per heavy atom. The summed E-state index contributed by atoms with van der Waals surface area (Å²) in [6.45, 7) is 12.5. The van der Waals surface area contributed by atoms with Crippen molar-refractivity contribution >= 4 is 11.8 Å². The van der Waals surface area contributed by atoms with Crippen molar-refractivity contribution < 1.29 is 9.53 Å². The van der Waals surface area contributed by atoms with Crippen LogP contribution in [-0.4, -0.2) is 29.7 Å². The zero-order valence-corrected chi connectivity index (χ0v) is 15.1. The SMILES string of the molecule is CCC(C)CNc1cccc2c1CCN(C(=O)OC(C)(C)C)C2. The second-order valence-electron chi connectivity index (χ2n) is 7.49. The Morgan fingerprint density at radius 1 is 1.39 bits per heavy atom. The molecule has 1 aliphatic heterocycles. The third-order valence-corrected chi connectivity index (χ3v) is 4.26. The highest BCUT2D eigenvalue weighted by Gasteiger charge is 2.26. The molecule has 128 valence electrons. The molecule has 0 aromatic heterocycles. The van der Waals surface area contributed by atoms with Crippen LogP contribution in [0.15, 0.2) is 18.2 Å². The fourth-order valence-electron chi connectivity index (χ4n) is 2.69. The third-order valence-electron chi connectivity index (χ3n) is 4.26. The number of ether oxygens (including phenoxy) is 1. The van der Waals surface area contributed by atoms with Crippen LogP contribution in [0.2, 0.25) is 0 Å². The number of nitrogens with zero attached hydrogens (tertiary/aromatic N) is 1. The summed E-state index contributed by atoms with van der Waals surface area (Å²) in [4.78, 5) is 14.0. The number of hydrogen-bond acceptors (Lipinski definition) is 3. The molecule has 0 radical (unpaired) electrons. The lowest BCUT2D eigenvalue weighted by molar-refractivity contribution is 0.0224. The second kappa shape index (κ2) is 7.24. The van der Waals surface area contributed by atoms with Gasteiger partial charge < -0.3 is 15.0 Å². The van der Waals surface area contributed by atoms with Crippen LogP contribution in [0.3, 0.4) is 0 Å². The number of carbonyl (C=O) groups excluding carboxylic acids is 1. The number of carbonyl (C=O) groups is 1. The van der Waals surface area contributed by atoms with Crippen molar-refractivity contribution in [3.63, 3.8) is 0 Å². The van der Waals surface area contributed by atoms with E-state index in [4.69, 9.17) is 4.74 Å². The van der Waals surface area contributed by atoms with Crippen molar-refractivity contribution in [1.29, 1.82) is 0 Å². The van der Waals surface area contributed by atoms with Crippen molar-refractivity contribution in [2.24, 2.45) is 5.92 Å². The maximum Gasteiger partial charge on any atom is 0.410 e. The predicted molar refractivity (Wildman–Crippen MR) is 94.7 cm³/mol. The molecule has 1 heterocycles. The molecule has 23 heavy (non-hydrogen) atoms. The van der Waals surface area contributed by atoms with E-state index in [9.17, 15) is 4.79 Å². The molecule has 1 aromatic rings. The summed E-state index contributed by atoms with van der Waals surface area (Å²) in [5.74, 6) is 0.660. The van der Waals surface area contributed by atoms with Crippen LogP contribution >= 0.6 is 0 Å². The van der Waals surface area contributed by atoms with Crippen molar-refractivity contribution in [1.82, 2.24) is 4.90 Å². The van der Waals surface area contributed by atoms with Gasteiger partial charge in [0.05, 0.1) is 0 Å². The van der Waals surface area contributed by atoms with Crippen LogP contribution in [0.1, 0.15) is 52.2 Å². The minimum atomic E-state index is -0.447. The minimum Gasteiger partial charge on any atom is -0.444 e. The topological polar surface area (TPSA) is 41.6 Å². The van der Waals surface area contributed by atoms with E-state index >= 15 is 0 Å². The minimum absolute atomic E-state index is 0.221. The molecule has 1 amide bonds. The van der Waals surface area contributed by atoms with Gasteiger partial charge in [-0.05, 0) is 50.3 Å². The molecule has 0 aliphatic carbocycles. The number of hydrogen-bond donors (Lipinski definition) is 1. The molecular formula is C19H30N2O2. The van der Waals surface area contributed by atoms with Gasteiger partial charge in [-0.2, -0.15) is 0 Å². The first-order valence-corrected chi connectivity index (χ1v) is 8.62. The molecule has 0 spiro atoms. The highest BCUT2D eigenvalue weighted by molar-refractivity contribution is 5.69. The summed E-state index contributed by atoms with van der Waals surface area (Å²) < 4.78 is 5.49. The zero-order valence-electron chi connectivity index (χ0n) is 15.1. The molecule has 4 heteroatoms. The van der Waals surface area contributed by atoms with Gasteiger partial charge >= 0.3 is 6.09 Å². The van der Waals surface area contributed by atoms with Crippen molar-refractivity contribution in [2.45, 2.75) is 59.6 Å². The van der Waals surface area contributed by atoms with E-state index in [0.717, 1.165) is 13.0 Å². The predicted octanol–water partition coefficient (Wildman–Crippen LogP) is 4.44. The van der Waals surface area contributed by atoms with Gasteiger partial charge in [-0.3, -0.25) is 0 Å². The summed E-state index contributed by atoms with van der Waals surface area (Å²) in [5, 5.41) is 3.57. The molecule has 0 fully saturated rings. The molecule has 0 saturated carbocycles. The molecular weight excluding hydrogens is 288 g/mol. The molecule has 1 N–H and O–H groups in total. The lowest BCUT2D eigenvalue weighted by atomic mass is 9.97. The lowest BCUT2D eigenvalue weighted by Crippen LogP contribution is -2.40. The second-order valence-corrected chi connectivity index (χ2v) is 7.49. The van der Waals surface area contributed by atoms with E-state index < -0.39 is 5.60 Å². The van der Waals surface area contributed by atoms with Crippen LogP contribution in [0, 0.1) is 5.92 Å². The molecule has 1 aromatic carbocycles. The number of anilines is 1. The highest BCUT2D eigenvalue weighted by Crippen LogP contribution is 2.27.